The lowest BCUT2D eigenvalue weighted by Gasteiger charge is -2.17. The summed E-state index contributed by atoms with van der Waals surface area (Å²) in [5.74, 6) is 1.29. The van der Waals surface area contributed by atoms with Crippen molar-refractivity contribution >= 4 is 11.6 Å². The first-order valence-corrected chi connectivity index (χ1v) is 11.3. The van der Waals surface area contributed by atoms with Gasteiger partial charge in [-0.1, -0.05) is 50.6 Å². The third-order valence-electron chi connectivity index (χ3n) is 5.19. The van der Waals surface area contributed by atoms with Gasteiger partial charge in [0.15, 0.2) is 5.02 Å². The van der Waals surface area contributed by atoms with Gasteiger partial charge in [-0.25, -0.2) is 9.97 Å². The molecule has 0 radical (unpaired) electrons. The zero-order chi connectivity index (χ0) is 24.5. The van der Waals surface area contributed by atoms with E-state index in [9.17, 15) is 4.79 Å². The summed E-state index contributed by atoms with van der Waals surface area (Å²) in [4.78, 5) is 31.1. The Hall–Kier alpha value is -3.58. The van der Waals surface area contributed by atoms with Crippen molar-refractivity contribution in [1.82, 2.24) is 24.5 Å². The molecule has 0 fully saturated rings. The number of nitrogens with zero attached hydrogens (tertiary/aromatic N) is 5. The SMILES string of the molecule is Cc1cccc(COc2nc(C)n(-c3cccc(-c4ccnc(C(C)(C)C)n4)c3)c(=O)c2Cl)n1. The monoisotopic (exact) mass is 475 g/mol. The van der Waals surface area contributed by atoms with Crippen LogP contribution in [0.25, 0.3) is 16.9 Å². The molecule has 0 N–H and O–H groups in total. The molecule has 0 unspecified atom stereocenters. The quantitative estimate of drug-likeness (QED) is 0.393. The van der Waals surface area contributed by atoms with Crippen LogP contribution in [-0.2, 0) is 12.0 Å². The molecule has 3 heterocycles. The van der Waals surface area contributed by atoms with E-state index >= 15 is 0 Å². The van der Waals surface area contributed by atoms with Gasteiger partial charge in [0.1, 0.15) is 18.3 Å². The Kier molecular flexibility index (Phi) is 6.48. The average molecular weight is 476 g/mol. The van der Waals surface area contributed by atoms with Crippen molar-refractivity contribution in [2.24, 2.45) is 0 Å². The van der Waals surface area contributed by atoms with Crippen LogP contribution in [0.2, 0.25) is 5.02 Å². The van der Waals surface area contributed by atoms with Gasteiger partial charge in [-0.15, -0.1) is 0 Å². The van der Waals surface area contributed by atoms with Crippen molar-refractivity contribution in [3.8, 4) is 22.8 Å². The van der Waals surface area contributed by atoms with Gasteiger partial charge in [-0.2, -0.15) is 4.98 Å². The highest BCUT2D eigenvalue weighted by Crippen LogP contribution is 2.25. The van der Waals surface area contributed by atoms with Gasteiger partial charge in [0.05, 0.1) is 17.1 Å². The summed E-state index contributed by atoms with van der Waals surface area (Å²) in [5, 5.41) is -0.0827. The Bertz CT molecular complexity index is 1410. The second-order valence-corrected chi connectivity index (χ2v) is 9.42. The van der Waals surface area contributed by atoms with Crippen LogP contribution in [0.15, 0.2) is 59.5 Å². The fourth-order valence-electron chi connectivity index (χ4n) is 3.49. The summed E-state index contributed by atoms with van der Waals surface area (Å²) in [6, 6.07) is 15.0. The normalized spacial score (nSPS) is 11.5. The summed E-state index contributed by atoms with van der Waals surface area (Å²) in [6.07, 6.45) is 1.75. The number of ether oxygens (including phenoxy) is 1. The van der Waals surface area contributed by atoms with Gasteiger partial charge in [0, 0.05) is 22.9 Å². The first-order valence-electron chi connectivity index (χ1n) is 10.9. The van der Waals surface area contributed by atoms with Gasteiger partial charge < -0.3 is 4.74 Å². The third kappa shape index (κ3) is 4.99. The summed E-state index contributed by atoms with van der Waals surface area (Å²) in [6.45, 7) is 10.0. The van der Waals surface area contributed by atoms with E-state index < -0.39 is 5.56 Å². The van der Waals surface area contributed by atoms with Gasteiger partial charge in [-0.3, -0.25) is 14.3 Å². The fourth-order valence-corrected chi connectivity index (χ4v) is 3.67. The molecule has 0 amide bonds. The zero-order valence-corrected chi connectivity index (χ0v) is 20.6. The van der Waals surface area contributed by atoms with E-state index in [1.807, 2.05) is 55.5 Å². The summed E-state index contributed by atoms with van der Waals surface area (Å²) in [5.41, 5.74) is 3.30. The van der Waals surface area contributed by atoms with Crippen molar-refractivity contribution < 1.29 is 4.74 Å². The van der Waals surface area contributed by atoms with Crippen LogP contribution in [0, 0.1) is 13.8 Å². The van der Waals surface area contributed by atoms with E-state index in [0.29, 0.717) is 11.5 Å². The molecule has 4 rings (SSSR count). The largest absolute Gasteiger partial charge is 0.470 e. The van der Waals surface area contributed by atoms with Crippen LogP contribution >= 0.6 is 11.6 Å². The second-order valence-electron chi connectivity index (χ2n) is 9.04. The van der Waals surface area contributed by atoms with Crippen LogP contribution < -0.4 is 10.3 Å². The molecule has 0 aliphatic carbocycles. The highest BCUT2D eigenvalue weighted by molar-refractivity contribution is 6.31. The van der Waals surface area contributed by atoms with Crippen LogP contribution in [-0.4, -0.2) is 24.5 Å². The number of aromatic nitrogens is 5. The zero-order valence-electron chi connectivity index (χ0n) is 19.8. The lowest BCUT2D eigenvalue weighted by Crippen LogP contribution is -2.23. The highest BCUT2D eigenvalue weighted by Gasteiger charge is 2.19. The van der Waals surface area contributed by atoms with E-state index in [2.05, 4.69) is 35.7 Å². The minimum absolute atomic E-state index is 0.0827. The number of rotatable bonds is 5. The standard InChI is InChI=1S/C26H26ClN5O2/c1-16-8-6-10-19(29-16)15-34-23-22(27)24(33)32(17(2)30-23)20-11-7-9-18(14-20)21-12-13-28-25(31-21)26(3,4)5/h6-14H,15H2,1-5H3. The van der Waals surface area contributed by atoms with Crippen molar-refractivity contribution in [2.45, 2.75) is 46.6 Å². The number of hydrogen-bond acceptors (Lipinski definition) is 6. The molecule has 174 valence electrons. The van der Waals surface area contributed by atoms with Gasteiger partial charge in [0.2, 0.25) is 5.88 Å². The Morgan fingerprint density at radius 3 is 2.50 bits per heavy atom. The number of hydrogen-bond donors (Lipinski definition) is 0. The second kappa shape index (κ2) is 9.35. The Morgan fingerprint density at radius 1 is 1.00 bits per heavy atom. The Labute approximate surface area is 203 Å². The highest BCUT2D eigenvalue weighted by atomic mass is 35.5. The van der Waals surface area contributed by atoms with Gasteiger partial charge in [-0.05, 0) is 44.2 Å². The smallest absolute Gasteiger partial charge is 0.280 e. The molecule has 0 saturated carbocycles. The summed E-state index contributed by atoms with van der Waals surface area (Å²) < 4.78 is 7.20. The van der Waals surface area contributed by atoms with E-state index in [4.69, 9.17) is 21.3 Å². The third-order valence-corrected chi connectivity index (χ3v) is 5.52. The molecule has 0 bridgehead atoms. The number of benzene rings is 1. The molecule has 0 atom stereocenters. The molecule has 4 aromatic rings. The van der Waals surface area contributed by atoms with Crippen LogP contribution in [0.5, 0.6) is 5.88 Å². The molecule has 34 heavy (non-hydrogen) atoms. The fraction of sp³-hybridized carbons (Fsp3) is 0.269. The first-order chi connectivity index (χ1) is 16.1. The molecule has 1 aromatic carbocycles. The molecule has 0 saturated heterocycles. The minimum atomic E-state index is -0.406. The molecule has 0 spiro atoms. The van der Waals surface area contributed by atoms with Gasteiger partial charge >= 0.3 is 0 Å². The maximum atomic E-state index is 13.2. The lowest BCUT2D eigenvalue weighted by atomic mass is 9.95. The Morgan fingerprint density at radius 2 is 1.76 bits per heavy atom. The van der Waals surface area contributed by atoms with Crippen molar-refractivity contribution in [1.29, 1.82) is 0 Å². The van der Waals surface area contributed by atoms with Crippen molar-refractivity contribution in [3.05, 3.63) is 93.1 Å². The predicted octanol–water partition coefficient (Wildman–Crippen LogP) is 5.23. The minimum Gasteiger partial charge on any atom is -0.470 e. The predicted molar refractivity (Wildman–Crippen MR) is 133 cm³/mol. The maximum Gasteiger partial charge on any atom is 0.280 e. The van der Waals surface area contributed by atoms with E-state index in [1.165, 1.54) is 4.57 Å². The van der Waals surface area contributed by atoms with Crippen LogP contribution in [0.3, 0.4) is 0 Å². The average Bonchev–Trinajstić information content (AvgIpc) is 2.80. The van der Waals surface area contributed by atoms with E-state index in [0.717, 1.165) is 28.5 Å². The molecule has 3 aromatic heterocycles. The van der Waals surface area contributed by atoms with E-state index in [-0.39, 0.29) is 22.9 Å². The Balaban J connectivity index is 1.68. The molecular weight excluding hydrogens is 450 g/mol. The maximum absolute atomic E-state index is 13.2. The summed E-state index contributed by atoms with van der Waals surface area (Å²) in [7, 11) is 0. The lowest BCUT2D eigenvalue weighted by molar-refractivity contribution is 0.287. The number of aryl methyl sites for hydroxylation is 2. The molecule has 7 nitrogen and oxygen atoms in total. The van der Waals surface area contributed by atoms with Gasteiger partial charge in [0.25, 0.3) is 5.56 Å². The number of halogens is 1. The van der Waals surface area contributed by atoms with Crippen LogP contribution in [0.4, 0.5) is 0 Å². The number of pyridine rings is 1. The van der Waals surface area contributed by atoms with E-state index in [1.54, 1.807) is 13.1 Å². The summed E-state index contributed by atoms with van der Waals surface area (Å²) >= 11 is 6.38. The van der Waals surface area contributed by atoms with Crippen molar-refractivity contribution in [2.75, 3.05) is 0 Å². The molecule has 8 heteroatoms. The molecular formula is C26H26ClN5O2. The topological polar surface area (TPSA) is 82.8 Å². The molecule has 0 aliphatic heterocycles. The molecule has 0 aliphatic rings. The van der Waals surface area contributed by atoms with Crippen molar-refractivity contribution in [3.63, 3.8) is 0 Å². The van der Waals surface area contributed by atoms with Crippen LogP contribution in [0.1, 0.15) is 43.8 Å². The first kappa shape index (κ1) is 23.6.